The number of carboxylic acid groups (broad SMARTS) is 1. The van der Waals surface area contributed by atoms with E-state index in [-0.39, 0.29) is 22.0 Å². The molecule has 10 nitrogen and oxygen atoms in total. The van der Waals surface area contributed by atoms with Gasteiger partial charge in [-0.15, -0.1) is 16.9 Å². The average Bonchev–Trinajstić information content (AvgIpc) is 2.55. The lowest BCUT2D eigenvalue weighted by Crippen LogP contribution is -2.68. The highest BCUT2D eigenvalue weighted by molar-refractivity contribution is 8.01. The number of aromatic nitrogens is 3. The number of hydrogen-bond acceptors (Lipinski definition) is 9. The number of nitrogens with zero attached hydrogens (tertiary/aromatic N) is 4. The van der Waals surface area contributed by atoms with Crippen molar-refractivity contribution in [3.05, 3.63) is 21.6 Å². The lowest BCUT2D eigenvalue weighted by atomic mass is 10.0. The first kappa shape index (κ1) is 16.8. The molecule has 0 aliphatic carbocycles. The Bertz CT molecular complexity index is 823. The molecule has 4 N–H and O–H groups in total. The van der Waals surface area contributed by atoms with Gasteiger partial charge in [0.25, 0.3) is 5.88 Å². The minimum atomic E-state index is -1.19. The Morgan fingerprint density at radius 2 is 2.21 bits per heavy atom. The molecule has 3 rings (SSSR count). The van der Waals surface area contributed by atoms with E-state index in [1.165, 1.54) is 28.4 Å². The number of hydrogen-bond donors (Lipinski definition) is 3. The predicted octanol–water partition coefficient (Wildman–Crippen LogP) is -1.45. The molecule has 1 fully saturated rings. The lowest BCUT2D eigenvalue weighted by molar-refractivity contribution is -0.147. The van der Waals surface area contributed by atoms with Crippen LogP contribution in [0.25, 0.3) is 0 Å². The van der Waals surface area contributed by atoms with Gasteiger partial charge in [-0.2, -0.15) is 4.98 Å². The Hall–Kier alpha value is -2.05. The van der Waals surface area contributed by atoms with E-state index in [2.05, 4.69) is 10.1 Å². The Morgan fingerprint density at radius 1 is 1.50 bits per heavy atom. The largest absolute Gasteiger partial charge is 0.488 e. The number of thioether (sulfide) groups is 2. The maximum atomic E-state index is 11.9. The van der Waals surface area contributed by atoms with Crippen molar-refractivity contribution in [1.29, 1.82) is 0 Å². The number of rotatable bonds is 4. The maximum Gasteiger partial charge on any atom is 0.352 e. The third-order valence-corrected chi connectivity index (χ3v) is 6.04. The van der Waals surface area contributed by atoms with Gasteiger partial charge >= 0.3 is 11.5 Å². The molecule has 0 radical (unpaired) electrons. The van der Waals surface area contributed by atoms with Gasteiger partial charge in [0.05, 0.1) is 0 Å². The molecule has 1 unspecified atom stereocenters. The second-order valence-electron chi connectivity index (χ2n) is 5.13. The first-order valence-electron chi connectivity index (χ1n) is 6.74. The number of carbonyl (C=O) groups excluding carboxylic acids is 1. The molecule has 1 aromatic heterocycles. The Morgan fingerprint density at radius 3 is 2.88 bits per heavy atom. The van der Waals surface area contributed by atoms with Crippen LogP contribution >= 0.6 is 23.5 Å². The lowest BCUT2D eigenvalue weighted by Gasteiger charge is -2.48. The molecular weight excluding hydrogens is 358 g/mol. The monoisotopic (exact) mass is 371 g/mol. The highest BCUT2D eigenvalue weighted by atomic mass is 32.2. The first-order valence-corrected chi connectivity index (χ1v) is 8.77. The van der Waals surface area contributed by atoms with Gasteiger partial charge in [0.2, 0.25) is 5.91 Å². The summed E-state index contributed by atoms with van der Waals surface area (Å²) in [6, 6.07) is -0.678. The first-order chi connectivity index (χ1) is 11.3. The third-order valence-electron chi connectivity index (χ3n) is 3.58. The molecule has 2 aliphatic heterocycles. The van der Waals surface area contributed by atoms with Crippen LogP contribution in [0.3, 0.4) is 0 Å². The maximum absolute atomic E-state index is 11.9. The normalized spacial score (nSPS) is 23.1. The van der Waals surface area contributed by atoms with Crippen LogP contribution in [-0.4, -0.2) is 64.7 Å². The smallest absolute Gasteiger partial charge is 0.352 e. The van der Waals surface area contributed by atoms with Crippen LogP contribution in [0.2, 0.25) is 0 Å². The third kappa shape index (κ3) is 2.65. The van der Waals surface area contributed by atoms with Crippen molar-refractivity contribution in [2.24, 2.45) is 12.8 Å². The van der Waals surface area contributed by atoms with Crippen molar-refractivity contribution >= 4 is 35.4 Å². The molecule has 0 spiro atoms. The molecule has 0 aromatic carbocycles. The molecule has 12 heteroatoms. The Kier molecular flexibility index (Phi) is 4.27. The molecule has 2 aliphatic rings. The number of amides is 1. The van der Waals surface area contributed by atoms with Crippen molar-refractivity contribution in [3.8, 4) is 5.88 Å². The van der Waals surface area contributed by atoms with Gasteiger partial charge in [-0.25, -0.2) is 9.48 Å². The van der Waals surface area contributed by atoms with Crippen LogP contribution < -0.4 is 11.3 Å². The number of aryl methyl sites for hydroxylation is 1. The van der Waals surface area contributed by atoms with Gasteiger partial charge in [0.15, 0.2) is 5.16 Å². The van der Waals surface area contributed by atoms with Crippen LogP contribution in [0, 0.1) is 0 Å². The minimum absolute atomic E-state index is 0.0605. The fourth-order valence-corrected chi connectivity index (χ4v) is 4.74. The topological polar surface area (TPSA) is 152 Å². The quantitative estimate of drug-likeness (QED) is 0.423. The van der Waals surface area contributed by atoms with Crippen molar-refractivity contribution < 1.29 is 19.8 Å². The van der Waals surface area contributed by atoms with Crippen LogP contribution in [-0.2, 0) is 16.6 Å². The number of carboxylic acids is 1. The molecule has 128 valence electrons. The molecule has 1 amide bonds. The summed E-state index contributed by atoms with van der Waals surface area (Å²) in [6.07, 6.45) is 0. The number of β-lactam (4-membered cyclic amide) rings is 1. The van der Waals surface area contributed by atoms with Crippen LogP contribution in [0.5, 0.6) is 5.88 Å². The van der Waals surface area contributed by atoms with E-state index < -0.39 is 29.4 Å². The highest BCUT2D eigenvalue weighted by Crippen LogP contribution is 2.40. The number of aliphatic carboxylic acids is 1. The van der Waals surface area contributed by atoms with Crippen LogP contribution in [0.1, 0.15) is 0 Å². The summed E-state index contributed by atoms with van der Waals surface area (Å²) in [5, 5.41) is 22.1. The van der Waals surface area contributed by atoms with E-state index in [0.717, 1.165) is 11.8 Å². The van der Waals surface area contributed by atoms with Crippen molar-refractivity contribution in [3.63, 3.8) is 0 Å². The molecule has 3 heterocycles. The zero-order valence-corrected chi connectivity index (χ0v) is 14.0. The molecule has 0 bridgehead atoms. The zero-order valence-electron chi connectivity index (χ0n) is 12.4. The average molecular weight is 371 g/mol. The van der Waals surface area contributed by atoms with Gasteiger partial charge in [-0.3, -0.25) is 14.5 Å². The zero-order chi connectivity index (χ0) is 17.6. The van der Waals surface area contributed by atoms with E-state index in [1.54, 1.807) is 0 Å². The SMILES string of the molecule is Cn1nc(O)c(=O)nc1SCC1=C(C(=O)O)N2C(=O)C(N)[C@H]2SC1. The molecule has 2 atom stereocenters. The highest BCUT2D eigenvalue weighted by Gasteiger charge is 2.51. The minimum Gasteiger partial charge on any atom is -0.488 e. The molecule has 24 heavy (non-hydrogen) atoms. The fraction of sp³-hybridized carbons (Fsp3) is 0.417. The predicted molar refractivity (Wildman–Crippen MR) is 85.4 cm³/mol. The molecular formula is C12H13N5O5S2. The van der Waals surface area contributed by atoms with Crippen LogP contribution in [0.4, 0.5) is 0 Å². The Balaban J connectivity index is 1.86. The molecule has 1 saturated heterocycles. The summed E-state index contributed by atoms with van der Waals surface area (Å²) in [4.78, 5) is 39.7. The summed E-state index contributed by atoms with van der Waals surface area (Å²) in [7, 11) is 1.50. The van der Waals surface area contributed by atoms with Crippen LogP contribution in [0.15, 0.2) is 21.2 Å². The Labute approximate surface area is 143 Å². The molecule has 1 aromatic rings. The summed E-state index contributed by atoms with van der Waals surface area (Å²) < 4.78 is 1.23. The fourth-order valence-electron chi connectivity index (χ4n) is 2.41. The summed E-state index contributed by atoms with van der Waals surface area (Å²) in [5.41, 5.74) is 5.31. The molecule has 0 saturated carbocycles. The standard InChI is InChI=1S/C12H13N5O5S2/c1-16-12(14-7(18)8(19)15-16)24-3-4-2-23-10-5(13)9(20)17(10)6(4)11(21)22/h5,10H,2-3,13H2,1H3,(H,15,19)(H,21,22)/t5?,10-/m1/s1. The number of fused-ring (bicyclic) bond motifs is 1. The van der Waals surface area contributed by atoms with E-state index in [0.29, 0.717) is 11.3 Å². The van der Waals surface area contributed by atoms with Gasteiger partial charge in [-0.05, 0) is 5.57 Å². The number of aromatic hydroxyl groups is 1. The van der Waals surface area contributed by atoms with Gasteiger partial charge < -0.3 is 15.9 Å². The summed E-state index contributed by atoms with van der Waals surface area (Å²) in [6.45, 7) is 0. The number of carbonyl (C=O) groups is 2. The number of nitrogens with two attached hydrogens (primary N) is 1. The van der Waals surface area contributed by atoms with Gasteiger partial charge in [0, 0.05) is 18.6 Å². The summed E-state index contributed by atoms with van der Waals surface area (Å²) in [5.74, 6) is -1.68. The van der Waals surface area contributed by atoms with Crippen molar-refractivity contribution in [2.45, 2.75) is 16.6 Å². The van der Waals surface area contributed by atoms with Gasteiger partial charge in [0.1, 0.15) is 17.1 Å². The second-order valence-corrected chi connectivity index (χ2v) is 7.18. The van der Waals surface area contributed by atoms with Crippen molar-refractivity contribution in [2.75, 3.05) is 11.5 Å². The summed E-state index contributed by atoms with van der Waals surface area (Å²) >= 11 is 2.50. The van der Waals surface area contributed by atoms with Gasteiger partial charge in [-0.1, -0.05) is 11.8 Å². The van der Waals surface area contributed by atoms with E-state index in [9.17, 15) is 24.6 Å². The second kappa shape index (κ2) is 6.11. The van der Waals surface area contributed by atoms with Crippen molar-refractivity contribution in [1.82, 2.24) is 19.7 Å². The van der Waals surface area contributed by atoms with E-state index >= 15 is 0 Å². The van der Waals surface area contributed by atoms with E-state index in [1.807, 2.05) is 0 Å². The van der Waals surface area contributed by atoms with E-state index in [4.69, 9.17) is 5.73 Å².